The first-order chi connectivity index (χ1) is 2.94. The van der Waals surface area contributed by atoms with Crippen molar-refractivity contribution in [3.63, 3.8) is 0 Å². The van der Waals surface area contributed by atoms with Crippen LogP contribution in [0.15, 0.2) is 0 Å². The summed E-state index contributed by atoms with van der Waals surface area (Å²) in [6.45, 7) is 8.74. The summed E-state index contributed by atoms with van der Waals surface area (Å²) in [5.41, 5.74) is 4.30. The minimum Gasteiger partial charge on any atom is -1.00 e. The van der Waals surface area contributed by atoms with Crippen LogP contribution in [0.4, 0.5) is 0 Å². The van der Waals surface area contributed by atoms with Crippen LogP contribution in [0.3, 0.4) is 0 Å². The van der Waals surface area contributed by atoms with E-state index in [0.717, 1.165) is 0 Å². The Kier molecular flexibility index (Phi) is 4.88. The Hall–Kier alpha value is 0.440. The molecule has 0 aliphatic heterocycles. The summed E-state index contributed by atoms with van der Waals surface area (Å²) in [5, 5.41) is 0. The maximum absolute atomic E-state index is 3.91. The van der Waals surface area contributed by atoms with Gasteiger partial charge in [-0.1, -0.05) is 20.8 Å². The number of rotatable bonds is 0. The SMILES string of the molecule is CC([NH3+])C(C)(C)C.[Br-]. The Morgan fingerprint density at radius 1 is 1.25 bits per heavy atom. The normalized spacial score (nSPS) is 14.6. The first kappa shape index (κ1) is 11.3. The van der Waals surface area contributed by atoms with Crippen molar-refractivity contribution in [1.82, 2.24) is 0 Å². The summed E-state index contributed by atoms with van der Waals surface area (Å²) in [7, 11) is 0. The van der Waals surface area contributed by atoms with Gasteiger partial charge in [0, 0.05) is 5.41 Å². The van der Waals surface area contributed by atoms with Crippen molar-refractivity contribution in [2.24, 2.45) is 5.41 Å². The van der Waals surface area contributed by atoms with Gasteiger partial charge in [0.2, 0.25) is 0 Å². The van der Waals surface area contributed by atoms with Crippen LogP contribution in [-0.2, 0) is 0 Å². The highest BCUT2D eigenvalue weighted by atomic mass is 79.9. The minimum absolute atomic E-state index is 0. The zero-order valence-electron chi connectivity index (χ0n) is 6.16. The van der Waals surface area contributed by atoms with Gasteiger partial charge in [0.25, 0.3) is 0 Å². The average Bonchev–Trinajstić information content (AvgIpc) is 1.31. The van der Waals surface area contributed by atoms with E-state index in [4.69, 9.17) is 0 Å². The van der Waals surface area contributed by atoms with Gasteiger partial charge in [-0.05, 0) is 6.92 Å². The molecule has 0 aliphatic rings. The maximum atomic E-state index is 3.91. The van der Waals surface area contributed by atoms with Crippen LogP contribution < -0.4 is 22.7 Å². The highest BCUT2D eigenvalue weighted by Crippen LogP contribution is 2.14. The number of hydrogen-bond acceptors (Lipinski definition) is 0. The Bertz CT molecular complexity index is 54.0. The summed E-state index contributed by atoms with van der Waals surface area (Å²) in [5.74, 6) is 0. The molecule has 0 fully saturated rings. The lowest BCUT2D eigenvalue weighted by Crippen LogP contribution is -3.00. The first-order valence-electron chi connectivity index (χ1n) is 2.77. The zero-order chi connectivity index (χ0) is 6.08. The number of quaternary nitrogens is 1. The highest BCUT2D eigenvalue weighted by Gasteiger charge is 2.17. The highest BCUT2D eigenvalue weighted by molar-refractivity contribution is 4.65. The van der Waals surface area contributed by atoms with Gasteiger partial charge in [-0.15, -0.1) is 0 Å². The second-order valence-corrected chi connectivity index (χ2v) is 3.27. The van der Waals surface area contributed by atoms with E-state index in [1.54, 1.807) is 0 Å². The maximum Gasteiger partial charge on any atom is 0.0863 e. The van der Waals surface area contributed by atoms with Crippen LogP contribution in [0.1, 0.15) is 27.7 Å². The molecule has 0 aromatic rings. The van der Waals surface area contributed by atoms with Crippen molar-refractivity contribution >= 4 is 0 Å². The molecule has 0 amide bonds. The molecule has 0 radical (unpaired) electrons. The fraction of sp³-hybridized carbons (Fsp3) is 1.00. The van der Waals surface area contributed by atoms with Crippen LogP contribution in [-0.4, -0.2) is 6.04 Å². The van der Waals surface area contributed by atoms with Crippen molar-refractivity contribution in [2.45, 2.75) is 33.7 Å². The monoisotopic (exact) mass is 181 g/mol. The Balaban J connectivity index is 0. The van der Waals surface area contributed by atoms with Crippen molar-refractivity contribution in [3.05, 3.63) is 0 Å². The lowest BCUT2D eigenvalue weighted by Gasteiger charge is -2.18. The molecule has 0 bridgehead atoms. The third kappa shape index (κ3) is 4.60. The molecule has 3 N–H and O–H groups in total. The minimum atomic E-state index is 0. The molecule has 1 atom stereocenters. The largest absolute Gasteiger partial charge is 1.00 e. The van der Waals surface area contributed by atoms with Crippen LogP contribution >= 0.6 is 0 Å². The molecule has 0 aromatic heterocycles. The third-order valence-electron chi connectivity index (χ3n) is 1.48. The van der Waals surface area contributed by atoms with Crippen LogP contribution in [0.25, 0.3) is 0 Å². The van der Waals surface area contributed by atoms with Gasteiger partial charge in [0.05, 0.1) is 6.04 Å². The Morgan fingerprint density at radius 2 is 1.38 bits per heavy atom. The van der Waals surface area contributed by atoms with Gasteiger partial charge in [-0.2, -0.15) is 0 Å². The molecule has 0 saturated heterocycles. The Morgan fingerprint density at radius 3 is 1.38 bits per heavy atom. The van der Waals surface area contributed by atoms with Crippen molar-refractivity contribution < 1.29 is 22.7 Å². The van der Waals surface area contributed by atoms with Crippen molar-refractivity contribution in [2.75, 3.05) is 0 Å². The van der Waals surface area contributed by atoms with Gasteiger partial charge in [0.15, 0.2) is 0 Å². The molecule has 52 valence electrons. The van der Waals surface area contributed by atoms with Crippen molar-refractivity contribution in [1.29, 1.82) is 0 Å². The molecule has 0 aromatic carbocycles. The molecule has 1 unspecified atom stereocenters. The smallest absolute Gasteiger partial charge is 0.0863 e. The molecule has 8 heavy (non-hydrogen) atoms. The fourth-order valence-electron chi connectivity index (χ4n) is 0. The average molecular weight is 182 g/mol. The van der Waals surface area contributed by atoms with Gasteiger partial charge < -0.3 is 22.7 Å². The fourth-order valence-corrected chi connectivity index (χ4v) is 0. The lowest BCUT2D eigenvalue weighted by molar-refractivity contribution is -0.437. The predicted octanol–water partition coefficient (Wildman–Crippen LogP) is -2.33. The molecule has 0 heterocycles. The molecular formula is C6H16BrN. The predicted molar refractivity (Wildman–Crippen MR) is 31.8 cm³/mol. The van der Waals surface area contributed by atoms with E-state index in [9.17, 15) is 0 Å². The van der Waals surface area contributed by atoms with Gasteiger partial charge in [0.1, 0.15) is 0 Å². The second kappa shape index (κ2) is 3.46. The van der Waals surface area contributed by atoms with E-state index in [1.807, 2.05) is 0 Å². The summed E-state index contributed by atoms with van der Waals surface area (Å²) < 4.78 is 0. The zero-order valence-corrected chi connectivity index (χ0v) is 7.75. The van der Waals surface area contributed by atoms with Gasteiger partial charge in [-0.3, -0.25) is 0 Å². The van der Waals surface area contributed by atoms with Crippen molar-refractivity contribution in [3.8, 4) is 0 Å². The molecule has 2 heteroatoms. The lowest BCUT2D eigenvalue weighted by atomic mass is 9.89. The topological polar surface area (TPSA) is 27.6 Å². The number of hydrogen-bond donors (Lipinski definition) is 1. The quantitative estimate of drug-likeness (QED) is 0.435. The van der Waals surface area contributed by atoms with Crippen LogP contribution in [0.2, 0.25) is 0 Å². The van der Waals surface area contributed by atoms with Gasteiger partial charge in [-0.25, -0.2) is 0 Å². The van der Waals surface area contributed by atoms with E-state index >= 15 is 0 Å². The Labute approximate surface area is 62.4 Å². The summed E-state index contributed by atoms with van der Waals surface area (Å²) in [4.78, 5) is 0. The standard InChI is InChI=1S/C6H15N.BrH/c1-5(7)6(2,3)4;/h5H,7H2,1-4H3;1H. The summed E-state index contributed by atoms with van der Waals surface area (Å²) in [6, 6.07) is 0.549. The second-order valence-electron chi connectivity index (χ2n) is 3.27. The van der Waals surface area contributed by atoms with E-state index in [2.05, 4.69) is 33.4 Å². The van der Waals surface area contributed by atoms with E-state index in [1.165, 1.54) is 0 Å². The third-order valence-corrected chi connectivity index (χ3v) is 1.48. The molecule has 0 aliphatic carbocycles. The molecule has 0 saturated carbocycles. The first-order valence-corrected chi connectivity index (χ1v) is 2.77. The van der Waals surface area contributed by atoms with E-state index in [0.29, 0.717) is 11.5 Å². The number of halogens is 1. The van der Waals surface area contributed by atoms with E-state index < -0.39 is 0 Å². The summed E-state index contributed by atoms with van der Waals surface area (Å²) in [6.07, 6.45) is 0. The van der Waals surface area contributed by atoms with E-state index in [-0.39, 0.29) is 17.0 Å². The summed E-state index contributed by atoms with van der Waals surface area (Å²) >= 11 is 0. The molecule has 0 rings (SSSR count). The van der Waals surface area contributed by atoms with Crippen LogP contribution in [0, 0.1) is 5.41 Å². The van der Waals surface area contributed by atoms with Crippen LogP contribution in [0.5, 0.6) is 0 Å². The molecular weight excluding hydrogens is 166 g/mol. The van der Waals surface area contributed by atoms with Gasteiger partial charge >= 0.3 is 0 Å². The molecule has 1 nitrogen and oxygen atoms in total. The molecule has 0 spiro atoms.